The molecule has 1 aliphatic rings. The number of hydrogen-bond donors (Lipinski definition) is 2. The summed E-state index contributed by atoms with van der Waals surface area (Å²) in [5.41, 5.74) is 1.99. The third kappa shape index (κ3) is 4.46. The fourth-order valence-corrected chi connectivity index (χ4v) is 3.25. The lowest BCUT2D eigenvalue weighted by molar-refractivity contribution is -0.122. The number of nitrogens with zero attached hydrogens (tertiary/aromatic N) is 1. The van der Waals surface area contributed by atoms with Crippen LogP contribution in [-0.2, 0) is 20.8 Å². The Bertz CT molecular complexity index is 884. The minimum absolute atomic E-state index is 0.115. The van der Waals surface area contributed by atoms with E-state index in [1.165, 1.54) is 0 Å². The maximum Gasteiger partial charge on any atom is 0.229 e. The molecule has 1 heterocycles. The molecule has 1 unspecified atom stereocenters. The van der Waals surface area contributed by atoms with Gasteiger partial charge < -0.3 is 15.5 Å². The zero-order chi connectivity index (χ0) is 19.4. The molecule has 2 aromatic carbocycles. The Hall–Kier alpha value is -2.86. The average molecular weight is 386 g/mol. The van der Waals surface area contributed by atoms with Crippen LogP contribution in [0.2, 0.25) is 5.02 Å². The van der Waals surface area contributed by atoms with Crippen molar-refractivity contribution in [1.82, 2.24) is 5.32 Å². The van der Waals surface area contributed by atoms with Crippen molar-refractivity contribution < 1.29 is 14.4 Å². The number of nitrogens with one attached hydrogen (secondary N) is 2. The van der Waals surface area contributed by atoms with Crippen LogP contribution in [0.25, 0.3) is 0 Å². The second-order valence-corrected chi connectivity index (χ2v) is 6.82. The number of amides is 3. The van der Waals surface area contributed by atoms with E-state index >= 15 is 0 Å². The van der Waals surface area contributed by atoms with E-state index in [0.717, 1.165) is 5.56 Å². The highest BCUT2D eigenvalue weighted by Crippen LogP contribution is 2.28. The van der Waals surface area contributed by atoms with Crippen molar-refractivity contribution in [3.63, 3.8) is 0 Å². The first-order chi connectivity index (χ1) is 13.0. The number of carbonyl (C=O) groups excluding carboxylic acids is 3. The van der Waals surface area contributed by atoms with Gasteiger partial charge in [0.15, 0.2) is 0 Å². The molecule has 140 valence electrons. The fourth-order valence-electron chi connectivity index (χ4n) is 3.07. The first-order valence-corrected chi connectivity index (χ1v) is 9.01. The van der Waals surface area contributed by atoms with E-state index in [1.807, 2.05) is 6.07 Å². The maximum atomic E-state index is 12.7. The molecule has 0 aliphatic carbocycles. The van der Waals surface area contributed by atoms with Crippen molar-refractivity contribution in [3.05, 3.63) is 59.1 Å². The van der Waals surface area contributed by atoms with Crippen LogP contribution in [0.4, 0.5) is 11.4 Å². The van der Waals surface area contributed by atoms with E-state index in [-0.39, 0.29) is 30.6 Å². The molecule has 3 rings (SSSR count). The Labute approximate surface area is 162 Å². The molecule has 2 N–H and O–H groups in total. The van der Waals surface area contributed by atoms with Gasteiger partial charge in [-0.2, -0.15) is 0 Å². The highest BCUT2D eigenvalue weighted by molar-refractivity contribution is 6.31. The molecule has 6 nitrogen and oxygen atoms in total. The second kappa shape index (κ2) is 8.22. The van der Waals surface area contributed by atoms with Gasteiger partial charge in [0.1, 0.15) is 0 Å². The van der Waals surface area contributed by atoms with E-state index in [4.69, 9.17) is 11.6 Å². The largest absolute Gasteiger partial charge is 0.359 e. The molecule has 27 heavy (non-hydrogen) atoms. The molecule has 1 saturated heterocycles. The summed E-state index contributed by atoms with van der Waals surface area (Å²) in [7, 11) is 1.57. The molecule has 7 heteroatoms. The lowest BCUT2D eigenvalue weighted by atomic mass is 10.1. The van der Waals surface area contributed by atoms with Crippen LogP contribution in [-0.4, -0.2) is 31.3 Å². The molecular weight excluding hydrogens is 366 g/mol. The number of para-hydroxylation sites is 1. The Balaban J connectivity index is 1.71. The molecule has 0 aromatic heterocycles. The monoisotopic (exact) mass is 385 g/mol. The Morgan fingerprint density at radius 1 is 1.19 bits per heavy atom. The van der Waals surface area contributed by atoms with Crippen LogP contribution in [0, 0.1) is 5.92 Å². The molecule has 0 bridgehead atoms. The minimum atomic E-state index is -0.468. The van der Waals surface area contributed by atoms with Crippen molar-refractivity contribution in [1.29, 1.82) is 0 Å². The first-order valence-electron chi connectivity index (χ1n) is 8.63. The Kier molecular flexibility index (Phi) is 5.76. The number of rotatable bonds is 5. The van der Waals surface area contributed by atoms with Gasteiger partial charge in [-0.1, -0.05) is 35.9 Å². The predicted octanol–water partition coefficient (Wildman–Crippen LogP) is 2.62. The quantitative estimate of drug-likeness (QED) is 0.830. The summed E-state index contributed by atoms with van der Waals surface area (Å²) in [6.45, 7) is 0.294. The van der Waals surface area contributed by atoms with Crippen molar-refractivity contribution in [3.8, 4) is 0 Å². The summed E-state index contributed by atoms with van der Waals surface area (Å²) in [6, 6.07) is 14.2. The van der Waals surface area contributed by atoms with Crippen LogP contribution in [0.1, 0.15) is 12.0 Å². The van der Waals surface area contributed by atoms with Crippen LogP contribution < -0.4 is 15.5 Å². The van der Waals surface area contributed by atoms with Crippen molar-refractivity contribution in [2.75, 3.05) is 23.8 Å². The van der Waals surface area contributed by atoms with Gasteiger partial charge in [-0.3, -0.25) is 14.4 Å². The van der Waals surface area contributed by atoms with Gasteiger partial charge in [-0.15, -0.1) is 0 Å². The summed E-state index contributed by atoms with van der Waals surface area (Å²) < 4.78 is 0. The van der Waals surface area contributed by atoms with Gasteiger partial charge in [0.25, 0.3) is 0 Å². The molecule has 0 radical (unpaired) electrons. The van der Waals surface area contributed by atoms with Gasteiger partial charge in [0, 0.05) is 36.4 Å². The average Bonchev–Trinajstić information content (AvgIpc) is 3.05. The van der Waals surface area contributed by atoms with Crippen LogP contribution in [0.5, 0.6) is 0 Å². The van der Waals surface area contributed by atoms with E-state index in [1.54, 1.807) is 54.4 Å². The zero-order valence-corrected chi connectivity index (χ0v) is 15.6. The number of hydrogen-bond acceptors (Lipinski definition) is 3. The van der Waals surface area contributed by atoms with Crippen LogP contribution >= 0.6 is 11.6 Å². The molecule has 0 spiro atoms. The van der Waals surface area contributed by atoms with Gasteiger partial charge in [-0.05, 0) is 29.8 Å². The van der Waals surface area contributed by atoms with E-state index < -0.39 is 5.92 Å². The lowest BCUT2D eigenvalue weighted by Gasteiger charge is -2.17. The van der Waals surface area contributed by atoms with Gasteiger partial charge >= 0.3 is 0 Å². The second-order valence-electron chi connectivity index (χ2n) is 6.38. The summed E-state index contributed by atoms with van der Waals surface area (Å²) in [6.07, 6.45) is 0.307. The van der Waals surface area contributed by atoms with Gasteiger partial charge in [0.2, 0.25) is 17.7 Å². The molecular formula is C20H20ClN3O3. The van der Waals surface area contributed by atoms with Crippen molar-refractivity contribution >= 4 is 40.7 Å². The number of likely N-dealkylation sites (N-methyl/N-ethyl adjacent to an activating group) is 1. The van der Waals surface area contributed by atoms with Gasteiger partial charge in [-0.25, -0.2) is 0 Å². The summed E-state index contributed by atoms with van der Waals surface area (Å²) >= 11 is 6.00. The summed E-state index contributed by atoms with van der Waals surface area (Å²) in [5, 5.41) is 5.97. The summed E-state index contributed by atoms with van der Waals surface area (Å²) in [4.78, 5) is 38.3. The van der Waals surface area contributed by atoms with E-state index in [0.29, 0.717) is 22.9 Å². The summed E-state index contributed by atoms with van der Waals surface area (Å²) in [5.74, 6) is -0.960. The third-order valence-electron chi connectivity index (χ3n) is 4.52. The molecule has 2 aromatic rings. The highest BCUT2D eigenvalue weighted by atomic mass is 35.5. The lowest BCUT2D eigenvalue weighted by Crippen LogP contribution is -2.28. The van der Waals surface area contributed by atoms with Crippen LogP contribution in [0.3, 0.4) is 0 Å². The van der Waals surface area contributed by atoms with E-state index in [9.17, 15) is 14.4 Å². The standard InChI is InChI=1S/C20H20ClN3O3/c1-22-18(25)9-13-5-2-3-8-17(13)23-20(27)14-10-19(26)24(12-14)16-7-4-6-15(21)11-16/h2-8,11,14H,9-10,12H2,1H3,(H,22,25)(H,23,27). The maximum absolute atomic E-state index is 12.7. The first kappa shape index (κ1) is 18.9. The molecule has 1 fully saturated rings. The predicted molar refractivity (Wildman–Crippen MR) is 105 cm³/mol. The molecule has 1 aliphatic heterocycles. The molecule has 0 saturated carbocycles. The third-order valence-corrected chi connectivity index (χ3v) is 4.76. The van der Waals surface area contributed by atoms with Crippen molar-refractivity contribution in [2.24, 2.45) is 5.92 Å². The number of anilines is 2. The molecule has 3 amide bonds. The fraction of sp³-hybridized carbons (Fsp3) is 0.250. The normalized spacial score (nSPS) is 16.3. The Morgan fingerprint density at radius 3 is 2.70 bits per heavy atom. The number of benzene rings is 2. The van der Waals surface area contributed by atoms with Crippen LogP contribution in [0.15, 0.2) is 48.5 Å². The van der Waals surface area contributed by atoms with Crippen molar-refractivity contribution in [2.45, 2.75) is 12.8 Å². The van der Waals surface area contributed by atoms with E-state index in [2.05, 4.69) is 10.6 Å². The topological polar surface area (TPSA) is 78.5 Å². The zero-order valence-electron chi connectivity index (χ0n) is 14.9. The Morgan fingerprint density at radius 2 is 1.96 bits per heavy atom. The number of halogens is 1. The smallest absolute Gasteiger partial charge is 0.229 e. The minimum Gasteiger partial charge on any atom is -0.359 e. The highest BCUT2D eigenvalue weighted by Gasteiger charge is 2.35. The number of carbonyl (C=O) groups is 3. The SMILES string of the molecule is CNC(=O)Cc1ccccc1NC(=O)C1CC(=O)N(c2cccc(Cl)c2)C1. The van der Waals surface area contributed by atoms with Gasteiger partial charge in [0.05, 0.1) is 12.3 Å². The molecule has 1 atom stereocenters.